The summed E-state index contributed by atoms with van der Waals surface area (Å²) in [6.07, 6.45) is 0. The van der Waals surface area contributed by atoms with Crippen LogP contribution in [0.2, 0.25) is 5.02 Å². The van der Waals surface area contributed by atoms with Gasteiger partial charge in [0.05, 0.1) is 5.54 Å². The molecule has 0 saturated carbocycles. The third-order valence-electron chi connectivity index (χ3n) is 4.25. The van der Waals surface area contributed by atoms with E-state index in [4.69, 9.17) is 11.6 Å². The number of halogens is 1. The average Bonchev–Trinajstić information content (AvgIpc) is 2.57. The topological polar surface area (TPSA) is 44.4 Å². The summed E-state index contributed by atoms with van der Waals surface area (Å²) in [5.41, 5.74) is 2.40. The first kappa shape index (κ1) is 19.1. The van der Waals surface area contributed by atoms with E-state index in [1.165, 1.54) is 0 Å². The van der Waals surface area contributed by atoms with Gasteiger partial charge in [-0.05, 0) is 69.7 Å². The van der Waals surface area contributed by atoms with Gasteiger partial charge in [0.25, 0.3) is 0 Å². The van der Waals surface area contributed by atoms with Crippen LogP contribution in [-0.2, 0) is 5.54 Å². The lowest BCUT2D eigenvalue weighted by Crippen LogP contribution is -2.43. The molecule has 2 amide bonds. The number of hydrogen-bond donors (Lipinski definition) is 2. The van der Waals surface area contributed by atoms with Gasteiger partial charge in [0, 0.05) is 29.5 Å². The van der Waals surface area contributed by atoms with E-state index in [9.17, 15) is 4.79 Å². The summed E-state index contributed by atoms with van der Waals surface area (Å²) in [4.78, 5) is 14.6. The van der Waals surface area contributed by atoms with Gasteiger partial charge >= 0.3 is 6.03 Å². The highest BCUT2D eigenvalue weighted by atomic mass is 35.5. The van der Waals surface area contributed by atoms with E-state index in [1.54, 1.807) is 0 Å². The average molecular weight is 360 g/mol. The first-order valence-electron chi connectivity index (χ1n) is 8.56. The normalized spacial score (nSPS) is 11.1. The Kier molecular flexibility index (Phi) is 6.32. The van der Waals surface area contributed by atoms with Gasteiger partial charge in [0.1, 0.15) is 0 Å². The van der Waals surface area contributed by atoms with Crippen LogP contribution in [0.3, 0.4) is 0 Å². The zero-order valence-corrected chi connectivity index (χ0v) is 16.0. The maximum absolute atomic E-state index is 12.3. The molecular formula is C20H26ClN3O. The fourth-order valence-corrected chi connectivity index (χ4v) is 2.86. The standard InChI is InChI=1S/C20H26ClN3O/c1-5-24(6-2)18-13-11-17(12-14-18)22-19(25)23-20(3,4)15-7-9-16(21)10-8-15/h7-14H,5-6H2,1-4H3,(H2,22,23,25). The predicted molar refractivity (Wildman–Crippen MR) is 107 cm³/mol. The Hall–Kier alpha value is -2.20. The Morgan fingerprint density at radius 2 is 1.56 bits per heavy atom. The molecule has 0 aliphatic heterocycles. The van der Waals surface area contributed by atoms with Crippen molar-refractivity contribution in [2.45, 2.75) is 33.2 Å². The van der Waals surface area contributed by atoms with Gasteiger partial charge in [0.2, 0.25) is 0 Å². The second kappa shape index (κ2) is 8.26. The summed E-state index contributed by atoms with van der Waals surface area (Å²) < 4.78 is 0. The van der Waals surface area contributed by atoms with Gasteiger partial charge in [-0.3, -0.25) is 0 Å². The van der Waals surface area contributed by atoms with Crippen LogP contribution in [0.25, 0.3) is 0 Å². The minimum atomic E-state index is -0.504. The first-order valence-corrected chi connectivity index (χ1v) is 8.93. The molecule has 0 bridgehead atoms. The fraction of sp³-hybridized carbons (Fsp3) is 0.350. The van der Waals surface area contributed by atoms with Crippen LogP contribution in [-0.4, -0.2) is 19.1 Å². The second-order valence-electron chi connectivity index (χ2n) is 6.43. The summed E-state index contributed by atoms with van der Waals surface area (Å²) in [6, 6.07) is 15.1. The third kappa shape index (κ3) is 5.13. The molecule has 0 aliphatic carbocycles. The van der Waals surface area contributed by atoms with Crippen molar-refractivity contribution >= 4 is 29.0 Å². The minimum absolute atomic E-state index is 0.240. The van der Waals surface area contributed by atoms with Gasteiger partial charge in [-0.15, -0.1) is 0 Å². The molecule has 0 fully saturated rings. The minimum Gasteiger partial charge on any atom is -0.372 e. The number of hydrogen-bond acceptors (Lipinski definition) is 2. The molecule has 25 heavy (non-hydrogen) atoms. The molecule has 0 radical (unpaired) electrons. The van der Waals surface area contributed by atoms with E-state index in [1.807, 2.05) is 62.4 Å². The monoisotopic (exact) mass is 359 g/mol. The fourth-order valence-electron chi connectivity index (χ4n) is 2.73. The maximum Gasteiger partial charge on any atom is 0.319 e. The van der Waals surface area contributed by atoms with E-state index in [0.29, 0.717) is 5.02 Å². The summed E-state index contributed by atoms with van der Waals surface area (Å²) in [5, 5.41) is 6.56. The summed E-state index contributed by atoms with van der Waals surface area (Å²) in [7, 11) is 0. The molecule has 134 valence electrons. The van der Waals surface area contributed by atoms with Crippen molar-refractivity contribution in [2.24, 2.45) is 0 Å². The molecule has 4 nitrogen and oxygen atoms in total. The largest absolute Gasteiger partial charge is 0.372 e. The van der Waals surface area contributed by atoms with Crippen LogP contribution in [0, 0.1) is 0 Å². The molecule has 5 heteroatoms. The van der Waals surface area contributed by atoms with E-state index in [0.717, 1.165) is 30.0 Å². The number of amides is 2. The van der Waals surface area contributed by atoms with Gasteiger partial charge in [-0.25, -0.2) is 4.79 Å². The van der Waals surface area contributed by atoms with Crippen molar-refractivity contribution in [1.82, 2.24) is 5.32 Å². The summed E-state index contributed by atoms with van der Waals surface area (Å²) >= 11 is 5.93. The van der Waals surface area contributed by atoms with E-state index in [2.05, 4.69) is 29.4 Å². The molecule has 0 unspecified atom stereocenters. The van der Waals surface area contributed by atoms with E-state index in [-0.39, 0.29) is 6.03 Å². The van der Waals surface area contributed by atoms with Crippen LogP contribution in [0.4, 0.5) is 16.2 Å². The zero-order chi connectivity index (χ0) is 18.4. The number of benzene rings is 2. The highest BCUT2D eigenvalue weighted by molar-refractivity contribution is 6.30. The number of anilines is 2. The van der Waals surface area contributed by atoms with Crippen LogP contribution in [0.5, 0.6) is 0 Å². The Morgan fingerprint density at radius 1 is 1.00 bits per heavy atom. The summed E-state index contributed by atoms with van der Waals surface area (Å²) in [6.45, 7) is 10.1. The second-order valence-corrected chi connectivity index (χ2v) is 6.87. The number of nitrogens with zero attached hydrogens (tertiary/aromatic N) is 1. The third-order valence-corrected chi connectivity index (χ3v) is 4.50. The van der Waals surface area contributed by atoms with E-state index >= 15 is 0 Å². The number of carbonyl (C=O) groups is 1. The van der Waals surface area contributed by atoms with Crippen molar-refractivity contribution in [3.63, 3.8) is 0 Å². The van der Waals surface area contributed by atoms with Crippen LogP contribution >= 0.6 is 11.6 Å². The molecular weight excluding hydrogens is 334 g/mol. The number of urea groups is 1. The smallest absolute Gasteiger partial charge is 0.319 e. The lowest BCUT2D eigenvalue weighted by Gasteiger charge is -2.27. The molecule has 2 N–H and O–H groups in total. The Bertz CT molecular complexity index is 692. The van der Waals surface area contributed by atoms with Crippen molar-refractivity contribution in [3.05, 3.63) is 59.1 Å². The van der Waals surface area contributed by atoms with Crippen molar-refractivity contribution < 1.29 is 4.79 Å². The van der Waals surface area contributed by atoms with Crippen LogP contribution in [0.15, 0.2) is 48.5 Å². The van der Waals surface area contributed by atoms with Gasteiger partial charge in [0.15, 0.2) is 0 Å². The van der Waals surface area contributed by atoms with Gasteiger partial charge < -0.3 is 15.5 Å². The maximum atomic E-state index is 12.3. The van der Waals surface area contributed by atoms with Gasteiger partial charge in [-0.2, -0.15) is 0 Å². The molecule has 0 spiro atoms. The Morgan fingerprint density at radius 3 is 2.08 bits per heavy atom. The molecule has 2 aromatic rings. The highest BCUT2D eigenvalue weighted by Crippen LogP contribution is 2.22. The number of nitrogens with one attached hydrogen (secondary N) is 2. The van der Waals surface area contributed by atoms with Crippen LogP contribution in [0.1, 0.15) is 33.3 Å². The molecule has 0 aromatic heterocycles. The molecule has 2 rings (SSSR count). The lowest BCUT2D eigenvalue weighted by molar-refractivity contribution is 0.242. The molecule has 0 saturated heterocycles. The first-order chi connectivity index (χ1) is 11.9. The summed E-state index contributed by atoms with van der Waals surface area (Å²) in [5.74, 6) is 0. The predicted octanol–water partition coefficient (Wildman–Crippen LogP) is 5.24. The van der Waals surface area contributed by atoms with Crippen molar-refractivity contribution in [2.75, 3.05) is 23.3 Å². The molecule has 2 aromatic carbocycles. The molecule has 0 atom stereocenters. The van der Waals surface area contributed by atoms with Crippen LogP contribution < -0.4 is 15.5 Å². The highest BCUT2D eigenvalue weighted by Gasteiger charge is 2.22. The van der Waals surface area contributed by atoms with Gasteiger partial charge in [-0.1, -0.05) is 23.7 Å². The number of rotatable bonds is 6. The molecule has 0 aliphatic rings. The Balaban J connectivity index is 2.00. The molecule has 0 heterocycles. The zero-order valence-electron chi connectivity index (χ0n) is 15.3. The quantitative estimate of drug-likeness (QED) is 0.740. The van der Waals surface area contributed by atoms with Crippen molar-refractivity contribution in [3.8, 4) is 0 Å². The lowest BCUT2D eigenvalue weighted by atomic mass is 9.94. The SMILES string of the molecule is CCN(CC)c1ccc(NC(=O)NC(C)(C)c2ccc(Cl)cc2)cc1. The Labute approximate surface area is 155 Å². The van der Waals surface area contributed by atoms with E-state index < -0.39 is 5.54 Å². The van der Waals surface area contributed by atoms with Crippen molar-refractivity contribution in [1.29, 1.82) is 0 Å². The number of carbonyl (C=O) groups excluding carboxylic acids is 1.